The zero-order chi connectivity index (χ0) is 14.4. The summed E-state index contributed by atoms with van der Waals surface area (Å²) in [5.74, 6) is 0. The first-order valence-electron chi connectivity index (χ1n) is 6.60. The van der Waals surface area contributed by atoms with Crippen molar-refractivity contribution in [2.45, 2.75) is 6.10 Å². The van der Waals surface area contributed by atoms with Gasteiger partial charge >= 0.3 is 0 Å². The maximum absolute atomic E-state index is 10.0. The fourth-order valence-corrected chi connectivity index (χ4v) is 2.31. The average molecular weight is 296 g/mol. The summed E-state index contributed by atoms with van der Waals surface area (Å²) in [5, 5.41) is 22.7. The van der Waals surface area contributed by atoms with Crippen LogP contribution in [0.1, 0.15) is 5.56 Å². The summed E-state index contributed by atoms with van der Waals surface area (Å²) in [7, 11) is 0. The number of hydrogen-bond donors (Lipinski definition) is 2. The highest BCUT2D eigenvalue weighted by molar-refractivity contribution is 6.30. The number of rotatable bonds is 5. The van der Waals surface area contributed by atoms with Crippen LogP contribution in [0.15, 0.2) is 18.2 Å². The molecule has 0 radical (unpaired) electrons. The van der Waals surface area contributed by atoms with Gasteiger partial charge in [0.25, 0.3) is 0 Å². The number of hydrogen-bond acceptors (Lipinski definition) is 5. The number of aliphatic hydroxyl groups is 1. The molecule has 1 aromatic carbocycles. The smallest absolute Gasteiger partial charge is 0.101 e. The van der Waals surface area contributed by atoms with Gasteiger partial charge < -0.3 is 15.2 Å². The second kappa shape index (κ2) is 7.46. The third-order valence-corrected chi connectivity index (χ3v) is 3.44. The van der Waals surface area contributed by atoms with Crippen LogP contribution in [0.25, 0.3) is 0 Å². The predicted octanol–water partition coefficient (Wildman–Crippen LogP) is 1.32. The molecule has 6 heteroatoms. The van der Waals surface area contributed by atoms with Crippen LogP contribution in [-0.4, -0.2) is 55.5 Å². The number of nitrogens with one attached hydrogen (secondary N) is 1. The SMILES string of the molecule is N#Cc1cc(Cl)ccc1NCC(O)CN1CCOCC1. The van der Waals surface area contributed by atoms with Crippen LogP contribution < -0.4 is 5.32 Å². The van der Waals surface area contributed by atoms with Crippen molar-refractivity contribution in [1.82, 2.24) is 4.90 Å². The monoisotopic (exact) mass is 295 g/mol. The maximum Gasteiger partial charge on any atom is 0.101 e. The third kappa shape index (κ3) is 4.36. The van der Waals surface area contributed by atoms with Crippen molar-refractivity contribution in [2.75, 3.05) is 44.7 Å². The minimum absolute atomic E-state index is 0.396. The molecule has 1 aliphatic heterocycles. The van der Waals surface area contributed by atoms with Crippen LogP contribution in [0.5, 0.6) is 0 Å². The van der Waals surface area contributed by atoms with Gasteiger partial charge in [0.2, 0.25) is 0 Å². The Morgan fingerprint density at radius 2 is 2.20 bits per heavy atom. The Hall–Kier alpha value is -1.32. The van der Waals surface area contributed by atoms with Crippen LogP contribution in [0.4, 0.5) is 5.69 Å². The van der Waals surface area contributed by atoms with E-state index >= 15 is 0 Å². The molecule has 0 amide bonds. The number of aliphatic hydroxyl groups excluding tert-OH is 1. The Bertz CT molecular complexity index is 484. The molecule has 2 N–H and O–H groups in total. The van der Waals surface area contributed by atoms with Crippen molar-refractivity contribution in [3.63, 3.8) is 0 Å². The number of benzene rings is 1. The number of halogens is 1. The van der Waals surface area contributed by atoms with E-state index in [2.05, 4.69) is 16.3 Å². The molecule has 1 unspecified atom stereocenters. The summed E-state index contributed by atoms with van der Waals surface area (Å²) in [6, 6.07) is 7.17. The molecule has 1 atom stereocenters. The summed E-state index contributed by atoms with van der Waals surface area (Å²) in [5.41, 5.74) is 1.18. The van der Waals surface area contributed by atoms with Crippen LogP contribution in [-0.2, 0) is 4.74 Å². The summed E-state index contributed by atoms with van der Waals surface area (Å²) < 4.78 is 5.26. The van der Waals surface area contributed by atoms with E-state index in [1.807, 2.05) is 0 Å². The van der Waals surface area contributed by atoms with Gasteiger partial charge in [-0.15, -0.1) is 0 Å². The van der Waals surface area contributed by atoms with Gasteiger partial charge in [-0.05, 0) is 18.2 Å². The van der Waals surface area contributed by atoms with Crippen LogP contribution in [0.3, 0.4) is 0 Å². The molecule has 1 heterocycles. The summed E-state index contributed by atoms with van der Waals surface area (Å²) in [4.78, 5) is 2.17. The van der Waals surface area contributed by atoms with E-state index in [-0.39, 0.29) is 0 Å². The van der Waals surface area contributed by atoms with Gasteiger partial charge in [-0.25, -0.2) is 0 Å². The van der Waals surface area contributed by atoms with E-state index in [1.165, 1.54) is 0 Å². The molecular formula is C14H18ClN3O2. The van der Waals surface area contributed by atoms with Gasteiger partial charge in [-0.3, -0.25) is 4.90 Å². The first-order chi connectivity index (χ1) is 9.69. The fourth-order valence-electron chi connectivity index (χ4n) is 2.14. The summed E-state index contributed by atoms with van der Waals surface area (Å²) in [6.45, 7) is 4.13. The molecule has 0 aliphatic carbocycles. The normalized spacial score (nSPS) is 17.4. The largest absolute Gasteiger partial charge is 0.390 e. The van der Waals surface area contributed by atoms with Crippen LogP contribution >= 0.6 is 11.6 Å². The van der Waals surface area contributed by atoms with Crippen LogP contribution in [0, 0.1) is 11.3 Å². The summed E-state index contributed by atoms with van der Waals surface area (Å²) >= 11 is 5.84. The molecule has 2 rings (SSSR count). The standard InChI is InChI=1S/C14H18ClN3O2/c15-12-1-2-14(11(7-12)8-16)17-9-13(19)10-18-3-5-20-6-4-18/h1-2,7,13,17,19H,3-6,9-10H2. The number of nitrogens with zero attached hydrogens (tertiary/aromatic N) is 2. The van der Waals surface area contributed by atoms with Gasteiger partial charge in [0.05, 0.1) is 30.6 Å². The van der Waals surface area contributed by atoms with E-state index in [9.17, 15) is 5.11 Å². The lowest BCUT2D eigenvalue weighted by atomic mass is 10.2. The van der Waals surface area contributed by atoms with E-state index in [1.54, 1.807) is 18.2 Å². The van der Waals surface area contributed by atoms with E-state index in [4.69, 9.17) is 21.6 Å². The van der Waals surface area contributed by atoms with Crippen molar-refractivity contribution in [3.05, 3.63) is 28.8 Å². The Morgan fingerprint density at radius 3 is 2.90 bits per heavy atom. The number of nitriles is 1. The fraction of sp³-hybridized carbons (Fsp3) is 0.500. The Labute approximate surface area is 123 Å². The van der Waals surface area contributed by atoms with Gasteiger partial charge in [0.15, 0.2) is 0 Å². The van der Waals surface area contributed by atoms with E-state index in [0.29, 0.717) is 29.4 Å². The second-order valence-corrected chi connectivity index (χ2v) is 5.19. The lowest BCUT2D eigenvalue weighted by Gasteiger charge is -2.28. The van der Waals surface area contributed by atoms with Gasteiger partial charge in [-0.1, -0.05) is 11.6 Å². The molecular weight excluding hydrogens is 278 g/mol. The molecule has 5 nitrogen and oxygen atoms in total. The van der Waals surface area contributed by atoms with Crippen LogP contribution in [0.2, 0.25) is 5.02 Å². The van der Waals surface area contributed by atoms with Crippen molar-refractivity contribution in [3.8, 4) is 6.07 Å². The molecule has 1 aromatic rings. The van der Waals surface area contributed by atoms with Crippen molar-refractivity contribution >= 4 is 17.3 Å². The minimum atomic E-state index is -0.490. The molecule has 0 aromatic heterocycles. The van der Waals surface area contributed by atoms with Gasteiger partial charge in [0, 0.05) is 31.2 Å². The van der Waals surface area contributed by atoms with Crippen molar-refractivity contribution in [2.24, 2.45) is 0 Å². The topological polar surface area (TPSA) is 68.5 Å². The minimum Gasteiger partial charge on any atom is -0.390 e. The first kappa shape index (κ1) is 15.1. The lowest BCUT2D eigenvalue weighted by molar-refractivity contribution is 0.0171. The number of morpholine rings is 1. The highest BCUT2D eigenvalue weighted by Crippen LogP contribution is 2.19. The molecule has 1 aliphatic rings. The molecule has 0 spiro atoms. The number of anilines is 1. The molecule has 1 saturated heterocycles. The third-order valence-electron chi connectivity index (χ3n) is 3.20. The molecule has 108 valence electrons. The number of ether oxygens (including phenoxy) is 1. The Morgan fingerprint density at radius 1 is 1.45 bits per heavy atom. The predicted molar refractivity (Wildman–Crippen MR) is 77.9 cm³/mol. The van der Waals surface area contributed by atoms with E-state index < -0.39 is 6.10 Å². The highest BCUT2D eigenvalue weighted by atomic mass is 35.5. The summed E-state index contributed by atoms with van der Waals surface area (Å²) in [6.07, 6.45) is -0.490. The quantitative estimate of drug-likeness (QED) is 0.857. The Kier molecular flexibility index (Phi) is 5.62. The Balaban J connectivity index is 1.83. The second-order valence-electron chi connectivity index (χ2n) is 4.75. The molecule has 1 fully saturated rings. The van der Waals surface area contributed by atoms with Crippen molar-refractivity contribution in [1.29, 1.82) is 5.26 Å². The highest BCUT2D eigenvalue weighted by Gasteiger charge is 2.15. The van der Waals surface area contributed by atoms with Gasteiger partial charge in [-0.2, -0.15) is 5.26 Å². The molecule has 20 heavy (non-hydrogen) atoms. The number of β-amino-alcohol motifs (C(OH)–C–C–N with tert-alkyl or cyclic N) is 1. The maximum atomic E-state index is 10.0. The molecule has 0 saturated carbocycles. The first-order valence-corrected chi connectivity index (χ1v) is 6.98. The zero-order valence-electron chi connectivity index (χ0n) is 11.2. The average Bonchev–Trinajstić information content (AvgIpc) is 2.47. The zero-order valence-corrected chi connectivity index (χ0v) is 11.9. The van der Waals surface area contributed by atoms with E-state index in [0.717, 1.165) is 26.3 Å². The lowest BCUT2D eigenvalue weighted by Crippen LogP contribution is -2.42. The molecule has 0 bridgehead atoms. The van der Waals surface area contributed by atoms with Gasteiger partial charge in [0.1, 0.15) is 6.07 Å². The van der Waals surface area contributed by atoms with Crippen molar-refractivity contribution < 1.29 is 9.84 Å².